The van der Waals surface area contributed by atoms with Crippen molar-refractivity contribution in [2.24, 2.45) is 0 Å². The summed E-state index contributed by atoms with van der Waals surface area (Å²) in [6, 6.07) is 2.66. The first kappa shape index (κ1) is 13.9. The molecule has 104 valence electrons. The molecule has 0 bridgehead atoms. The molecule has 0 atom stereocenters. The number of hydrogen-bond donors (Lipinski definition) is 0. The van der Waals surface area contributed by atoms with E-state index in [9.17, 15) is 14.9 Å². The third-order valence-electron chi connectivity index (χ3n) is 2.36. The largest absolute Gasteiger partial charge is 0.481 e. The summed E-state index contributed by atoms with van der Waals surface area (Å²) in [6.45, 7) is 0. The highest BCUT2D eigenvalue weighted by atomic mass is 32.1. The molecule has 2 aromatic rings. The molecule has 0 spiro atoms. The van der Waals surface area contributed by atoms with E-state index in [0.717, 1.165) is 11.3 Å². The lowest BCUT2D eigenvalue weighted by Crippen LogP contribution is -2.02. The molecule has 0 aliphatic rings. The highest BCUT2D eigenvalue weighted by Crippen LogP contribution is 2.32. The zero-order valence-electron chi connectivity index (χ0n) is 10.5. The van der Waals surface area contributed by atoms with Crippen LogP contribution in [-0.4, -0.2) is 35.1 Å². The standard InChI is InChI=1S/C11H9N3O5S/c1-18-8-4-3-7(14(16)17)9(13-8)10-12-6(5-20-10)11(15)19-2/h3-5H,1-2H3. The van der Waals surface area contributed by atoms with Crippen molar-refractivity contribution >= 4 is 23.0 Å². The van der Waals surface area contributed by atoms with Crippen LogP contribution in [-0.2, 0) is 4.74 Å². The number of nitrogens with zero attached hydrogens (tertiary/aromatic N) is 3. The molecule has 0 aliphatic heterocycles. The van der Waals surface area contributed by atoms with E-state index in [0.29, 0.717) is 0 Å². The molecule has 2 heterocycles. The van der Waals surface area contributed by atoms with Crippen LogP contribution in [0.25, 0.3) is 10.7 Å². The van der Waals surface area contributed by atoms with Crippen molar-refractivity contribution in [3.05, 3.63) is 33.3 Å². The van der Waals surface area contributed by atoms with Gasteiger partial charge in [0.2, 0.25) is 5.88 Å². The van der Waals surface area contributed by atoms with E-state index >= 15 is 0 Å². The van der Waals surface area contributed by atoms with E-state index < -0.39 is 10.9 Å². The number of ether oxygens (including phenoxy) is 2. The average molecular weight is 295 g/mol. The molecule has 0 saturated carbocycles. The van der Waals surface area contributed by atoms with E-state index in [1.54, 1.807) is 0 Å². The Labute approximate surface area is 117 Å². The van der Waals surface area contributed by atoms with Crippen LogP contribution in [0.3, 0.4) is 0 Å². The maximum Gasteiger partial charge on any atom is 0.357 e. The number of nitro groups is 1. The molecule has 0 aliphatic carbocycles. The Morgan fingerprint density at radius 1 is 1.35 bits per heavy atom. The van der Waals surface area contributed by atoms with Crippen molar-refractivity contribution in [3.63, 3.8) is 0 Å². The fraction of sp³-hybridized carbons (Fsp3) is 0.182. The van der Waals surface area contributed by atoms with Gasteiger partial charge in [-0.15, -0.1) is 11.3 Å². The number of methoxy groups -OCH3 is 2. The van der Waals surface area contributed by atoms with Crippen LogP contribution < -0.4 is 4.74 Å². The summed E-state index contributed by atoms with van der Waals surface area (Å²) in [5.41, 5.74) is -0.0857. The van der Waals surface area contributed by atoms with E-state index in [-0.39, 0.29) is 28.0 Å². The van der Waals surface area contributed by atoms with Crippen molar-refractivity contribution in [1.29, 1.82) is 0 Å². The first-order chi connectivity index (χ1) is 9.56. The Bertz CT molecular complexity index is 670. The number of aromatic nitrogens is 2. The quantitative estimate of drug-likeness (QED) is 0.482. The van der Waals surface area contributed by atoms with Crippen molar-refractivity contribution < 1.29 is 19.2 Å². The van der Waals surface area contributed by atoms with Gasteiger partial charge in [-0.3, -0.25) is 10.1 Å². The zero-order valence-corrected chi connectivity index (χ0v) is 11.3. The Balaban J connectivity index is 2.52. The minimum Gasteiger partial charge on any atom is -0.481 e. The molecule has 2 rings (SSSR count). The fourth-order valence-corrected chi connectivity index (χ4v) is 2.22. The summed E-state index contributed by atoms with van der Waals surface area (Å²) < 4.78 is 9.47. The Kier molecular flexibility index (Phi) is 3.89. The molecule has 0 N–H and O–H groups in total. The number of pyridine rings is 1. The lowest BCUT2D eigenvalue weighted by Gasteiger charge is -2.02. The number of esters is 1. The summed E-state index contributed by atoms with van der Waals surface area (Å²) in [5.74, 6) is -0.390. The second kappa shape index (κ2) is 5.61. The predicted molar refractivity (Wildman–Crippen MR) is 69.9 cm³/mol. The van der Waals surface area contributed by atoms with Gasteiger partial charge in [-0.1, -0.05) is 0 Å². The average Bonchev–Trinajstić information content (AvgIpc) is 2.95. The smallest absolute Gasteiger partial charge is 0.357 e. The molecular weight excluding hydrogens is 286 g/mol. The summed E-state index contributed by atoms with van der Waals surface area (Å²) in [4.78, 5) is 29.8. The third kappa shape index (κ3) is 2.57. The summed E-state index contributed by atoms with van der Waals surface area (Å²) >= 11 is 1.06. The summed E-state index contributed by atoms with van der Waals surface area (Å²) in [5, 5.41) is 12.7. The molecule has 20 heavy (non-hydrogen) atoms. The van der Waals surface area contributed by atoms with Gasteiger partial charge in [0, 0.05) is 17.5 Å². The first-order valence-electron chi connectivity index (χ1n) is 5.30. The van der Waals surface area contributed by atoms with Crippen molar-refractivity contribution in [3.8, 4) is 16.6 Å². The summed E-state index contributed by atoms with van der Waals surface area (Å²) in [7, 11) is 2.63. The molecule has 0 radical (unpaired) electrons. The van der Waals surface area contributed by atoms with Crippen molar-refractivity contribution in [2.45, 2.75) is 0 Å². The minimum absolute atomic E-state index is 0.0505. The Morgan fingerprint density at radius 3 is 2.70 bits per heavy atom. The molecular formula is C11H9N3O5S. The van der Waals surface area contributed by atoms with Crippen LogP contribution in [0.5, 0.6) is 5.88 Å². The topological polar surface area (TPSA) is 104 Å². The van der Waals surface area contributed by atoms with Gasteiger partial charge in [0.15, 0.2) is 11.4 Å². The second-order valence-corrected chi connectivity index (χ2v) is 4.37. The van der Waals surface area contributed by atoms with Crippen LogP contribution in [0, 0.1) is 10.1 Å². The van der Waals surface area contributed by atoms with Crippen LogP contribution in [0.4, 0.5) is 5.69 Å². The third-order valence-corrected chi connectivity index (χ3v) is 3.20. The number of carbonyl (C=O) groups is 1. The van der Waals surface area contributed by atoms with E-state index in [1.165, 1.54) is 31.7 Å². The minimum atomic E-state index is -0.613. The molecule has 0 aromatic carbocycles. The summed E-state index contributed by atoms with van der Waals surface area (Å²) in [6.07, 6.45) is 0. The van der Waals surface area contributed by atoms with Gasteiger partial charge >= 0.3 is 5.97 Å². The lowest BCUT2D eigenvalue weighted by molar-refractivity contribution is -0.384. The van der Waals surface area contributed by atoms with Gasteiger partial charge < -0.3 is 9.47 Å². The van der Waals surface area contributed by atoms with Gasteiger partial charge in [-0.05, 0) is 0 Å². The molecule has 2 aromatic heterocycles. The Hall–Kier alpha value is -2.55. The van der Waals surface area contributed by atoms with Gasteiger partial charge in [-0.25, -0.2) is 14.8 Å². The fourth-order valence-electron chi connectivity index (χ4n) is 1.43. The predicted octanol–water partition coefficient (Wildman–Crippen LogP) is 1.91. The van der Waals surface area contributed by atoms with Crippen LogP contribution >= 0.6 is 11.3 Å². The molecule has 0 saturated heterocycles. The van der Waals surface area contributed by atoms with Crippen LogP contribution in [0.2, 0.25) is 0 Å². The van der Waals surface area contributed by atoms with E-state index in [2.05, 4.69) is 14.7 Å². The molecule has 0 amide bonds. The second-order valence-electron chi connectivity index (χ2n) is 3.51. The van der Waals surface area contributed by atoms with Crippen LogP contribution in [0.15, 0.2) is 17.5 Å². The zero-order chi connectivity index (χ0) is 14.7. The van der Waals surface area contributed by atoms with Crippen molar-refractivity contribution in [1.82, 2.24) is 9.97 Å². The highest BCUT2D eigenvalue weighted by molar-refractivity contribution is 7.13. The molecule has 9 heteroatoms. The normalized spacial score (nSPS) is 10.1. The number of thiazole rings is 1. The molecule has 8 nitrogen and oxygen atoms in total. The van der Waals surface area contributed by atoms with Crippen LogP contribution in [0.1, 0.15) is 10.5 Å². The SMILES string of the molecule is COC(=O)c1csc(-c2nc(OC)ccc2[N+](=O)[O-])n1. The van der Waals surface area contributed by atoms with Gasteiger partial charge in [0.25, 0.3) is 5.69 Å². The number of rotatable bonds is 4. The number of carbonyl (C=O) groups excluding carboxylic acids is 1. The first-order valence-corrected chi connectivity index (χ1v) is 6.18. The highest BCUT2D eigenvalue weighted by Gasteiger charge is 2.22. The Morgan fingerprint density at radius 2 is 2.10 bits per heavy atom. The monoisotopic (exact) mass is 295 g/mol. The molecule has 0 unspecified atom stereocenters. The van der Waals surface area contributed by atoms with Gasteiger partial charge in [0.1, 0.15) is 5.01 Å². The lowest BCUT2D eigenvalue weighted by atomic mass is 10.3. The maximum absolute atomic E-state index is 11.3. The van der Waals surface area contributed by atoms with Crippen molar-refractivity contribution in [2.75, 3.05) is 14.2 Å². The number of hydrogen-bond acceptors (Lipinski definition) is 8. The van der Waals surface area contributed by atoms with E-state index in [1.807, 2.05) is 0 Å². The molecule has 0 fully saturated rings. The van der Waals surface area contributed by atoms with E-state index in [4.69, 9.17) is 4.74 Å². The van der Waals surface area contributed by atoms with Gasteiger partial charge in [0.05, 0.1) is 19.1 Å². The maximum atomic E-state index is 11.3. The van der Waals surface area contributed by atoms with Gasteiger partial charge in [-0.2, -0.15) is 0 Å².